The average Bonchev–Trinajstić information content (AvgIpc) is 3.06. The Morgan fingerprint density at radius 2 is 1.76 bits per heavy atom. The molecule has 1 N–H and O–H groups in total. The molecule has 0 unspecified atom stereocenters. The molecular weight excluding hydrogens is 438 g/mol. The Labute approximate surface area is 196 Å². The lowest BCUT2D eigenvalue weighted by Gasteiger charge is -2.22. The molecule has 1 fully saturated rings. The Morgan fingerprint density at radius 3 is 2.64 bits per heavy atom. The minimum Gasteiger partial charge on any atom is -0.464 e. The Hall–Kier alpha value is -3.51. The van der Waals surface area contributed by atoms with E-state index in [9.17, 15) is 9.59 Å². The molecule has 168 valence electrons. The number of fused-ring (bicyclic) bond motifs is 3. The van der Waals surface area contributed by atoms with Gasteiger partial charge in [-0.3, -0.25) is 4.79 Å². The van der Waals surface area contributed by atoms with Gasteiger partial charge in [-0.2, -0.15) is 0 Å². The number of benzene rings is 3. The summed E-state index contributed by atoms with van der Waals surface area (Å²) in [4.78, 5) is 29.4. The van der Waals surface area contributed by atoms with Crippen LogP contribution in [0.2, 0.25) is 5.02 Å². The number of rotatable bonds is 3. The van der Waals surface area contributed by atoms with Gasteiger partial charge in [0.1, 0.15) is 5.58 Å². The summed E-state index contributed by atoms with van der Waals surface area (Å²) >= 11 is 6.01. The second-order valence-corrected chi connectivity index (χ2v) is 8.70. The van der Waals surface area contributed by atoms with Gasteiger partial charge in [0.2, 0.25) is 5.91 Å². The van der Waals surface area contributed by atoms with Gasteiger partial charge in [-0.1, -0.05) is 48.0 Å². The molecule has 1 aliphatic heterocycles. The molecule has 0 atom stereocenters. The summed E-state index contributed by atoms with van der Waals surface area (Å²) in [6.07, 6.45) is 2.69. The van der Waals surface area contributed by atoms with Crippen molar-refractivity contribution in [1.29, 1.82) is 0 Å². The van der Waals surface area contributed by atoms with Crippen molar-refractivity contribution in [1.82, 2.24) is 9.80 Å². The monoisotopic (exact) mass is 461 g/mol. The van der Waals surface area contributed by atoms with E-state index in [-0.39, 0.29) is 18.4 Å². The number of furan rings is 1. The molecule has 6 nitrogen and oxygen atoms in total. The maximum Gasteiger partial charge on any atom is 0.321 e. The van der Waals surface area contributed by atoms with Crippen molar-refractivity contribution in [2.24, 2.45) is 0 Å². The maximum atomic E-state index is 13.2. The molecule has 0 radical (unpaired) electrons. The van der Waals surface area contributed by atoms with E-state index in [0.717, 1.165) is 33.7 Å². The molecule has 1 aliphatic rings. The van der Waals surface area contributed by atoms with E-state index in [2.05, 4.69) is 17.4 Å². The standard InChI is InChI=1S/C26H24ClN3O3/c27-20-6-3-7-21(16-20)28-26(32)30-12-4-11-29(13-14-30)24(31)15-19-17-33-23-10-9-18-5-1-2-8-22(18)25(19)23/h1-3,5-10,16-17H,4,11-15H2,(H,28,32). The van der Waals surface area contributed by atoms with Gasteiger partial charge in [0.15, 0.2) is 0 Å². The summed E-state index contributed by atoms with van der Waals surface area (Å²) in [5.41, 5.74) is 2.34. The summed E-state index contributed by atoms with van der Waals surface area (Å²) < 4.78 is 5.74. The van der Waals surface area contributed by atoms with E-state index in [1.165, 1.54) is 0 Å². The molecule has 33 heavy (non-hydrogen) atoms. The van der Waals surface area contributed by atoms with Crippen LogP contribution in [0.5, 0.6) is 0 Å². The van der Waals surface area contributed by atoms with Crippen molar-refractivity contribution in [3.8, 4) is 0 Å². The molecule has 2 heterocycles. The number of halogens is 1. The van der Waals surface area contributed by atoms with Gasteiger partial charge in [-0.25, -0.2) is 4.79 Å². The van der Waals surface area contributed by atoms with Crippen LogP contribution in [0.3, 0.4) is 0 Å². The highest BCUT2D eigenvalue weighted by molar-refractivity contribution is 6.30. The third kappa shape index (κ3) is 4.52. The van der Waals surface area contributed by atoms with E-state index in [1.54, 1.807) is 35.4 Å². The Kier molecular flexibility index (Phi) is 5.92. The molecule has 0 bridgehead atoms. The Balaban J connectivity index is 1.26. The van der Waals surface area contributed by atoms with Crippen LogP contribution in [-0.4, -0.2) is 47.9 Å². The van der Waals surface area contributed by atoms with Crippen LogP contribution in [0.15, 0.2) is 71.3 Å². The van der Waals surface area contributed by atoms with Crippen LogP contribution in [0.4, 0.5) is 10.5 Å². The van der Waals surface area contributed by atoms with Gasteiger partial charge in [-0.05, 0) is 41.5 Å². The predicted molar refractivity (Wildman–Crippen MR) is 131 cm³/mol. The second kappa shape index (κ2) is 9.16. The molecule has 4 aromatic rings. The fraction of sp³-hybridized carbons (Fsp3) is 0.231. The van der Waals surface area contributed by atoms with Gasteiger partial charge in [0.25, 0.3) is 0 Å². The first-order valence-electron chi connectivity index (χ1n) is 11.1. The van der Waals surface area contributed by atoms with Gasteiger partial charge < -0.3 is 19.5 Å². The molecule has 3 amide bonds. The highest BCUT2D eigenvalue weighted by Gasteiger charge is 2.23. The molecule has 5 rings (SSSR count). The maximum absolute atomic E-state index is 13.2. The van der Waals surface area contributed by atoms with Crippen molar-refractivity contribution in [3.05, 3.63) is 77.5 Å². The number of carbonyl (C=O) groups is 2. The quantitative estimate of drug-likeness (QED) is 0.435. The van der Waals surface area contributed by atoms with Crippen molar-refractivity contribution in [3.63, 3.8) is 0 Å². The highest BCUT2D eigenvalue weighted by atomic mass is 35.5. The number of carbonyl (C=O) groups excluding carboxylic acids is 2. The van der Waals surface area contributed by atoms with Crippen LogP contribution < -0.4 is 5.32 Å². The number of hydrogen-bond acceptors (Lipinski definition) is 3. The lowest BCUT2D eigenvalue weighted by molar-refractivity contribution is -0.130. The summed E-state index contributed by atoms with van der Waals surface area (Å²) in [5, 5.41) is 6.66. The van der Waals surface area contributed by atoms with Crippen LogP contribution in [0, 0.1) is 0 Å². The fourth-order valence-corrected chi connectivity index (χ4v) is 4.61. The van der Waals surface area contributed by atoms with Crippen LogP contribution >= 0.6 is 11.6 Å². The molecular formula is C26H24ClN3O3. The van der Waals surface area contributed by atoms with Gasteiger partial charge >= 0.3 is 6.03 Å². The summed E-state index contributed by atoms with van der Waals surface area (Å²) in [6, 6.07) is 19.0. The predicted octanol–water partition coefficient (Wildman–Crippen LogP) is 5.55. The van der Waals surface area contributed by atoms with E-state index in [4.69, 9.17) is 16.0 Å². The van der Waals surface area contributed by atoms with E-state index >= 15 is 0 Å². The Bertz CT molecular complexity index is 1330. The topological polar surface area (TPSA) is 65.8 Å². The summed E-state index contributed by atoms with van der Waals surface area (Å²) in [7, 11) is 0. The van der Waals surface area contributed by atoms with Crippen molar-refractivity contribution >= 4 is 51.0 Å². The first-order chi connectivity index (χ1) is 16.1. The van der Waals surface area contributed by atoms with Crippen LogP contribution in [0.25, 0.3) is 21.7 Å². The SMILES string of the molecule is O=C(Cc1coc2ccc3ccccc3c12)N1CCCN(C(=O)Nc2cccc(Cl)c2)CC1. The number of urea groups is 1. The third-order valence-electron chi connectivity index (χ3n) is 6.09. The number of nitrogens with zero attached hydrogens (tertiary/aromatic N) is 2. The van der Waals surface area contributed by atoms with Crippen molar-refractivity contribution in [2.45, 2.75) is 12.8 Å². The van der Waals surface area contributed by atoms with Gasteiger partial charge in [0.05, 0.1) is 12.7 Å². The molecule has 0 saturated carbocycles. The molecule has 0 spiro atoms. The number of amides is 3. The number of anilines is 1. The normalized spacial score (nSPS) is 14.5. The van der Waals surface area contributed by atoms with E-state index in [1.807, 2.05) is 29.2 Å². The third-order valence-corrected chi connectivity index (χ3v) is 6.33. The lowest BCUT2D eigenvalue weighted by atomic mass is 10.0. The summed E-state index contributed by atoms with van der Waals surface area (Å²) in [5.74, 6) is 0.0442. The molecule has 1 saturated heterocycles. The van der Waals surface area contributed by atoms with Gasteiger partial charge in [-0.15, -0.1) is 0 Å². The molecule has 1 aromatic heterocycles. The smallest absolute Gasteiger partial charge is 0.321 e. The zero-order valence-corrected chi connectivity index (χ0v) is 18.8. The number of nitrogens with one attached hydrogen (secondary N) is 1. The van der Waals surface area contributed by atoms with Crippen LogP contribution in [-0.2, 0) is 11.2 Å². The average molecular weight is 462 g/mol. The minimum absolute atomic E-state index is 0.0442. The second-order valence-electron chi connectivity index (χ2n) is 8.26. The van der Waals surface area contributed by atoms with Gasteiger partial charge in [0, 0.05) is 47.8 Å². The first-order valence-corrected chi connectivity index (χ1v) is 11.4. The lowest BCUT2D eigenvalue weighted by Crippen LogP contribution is -2.39. The zero-order chi connectivity index (χ0) is 22.8. The fourth-order valence-electron chi connectivity index (χ4n) is 4.42. The minimum atomic E-state index is -0.182. The first kappa shape index (κ1) is 21.3. The summed E-state index contributed by atoms with van der Waals surface area (Å²) in [6.45, 7) is 2.19. The Morgan fingerprint density at radius 1 is 0.939 bits per heavy atom. The highest BCUT2D eigenvalue weighted by Crippen LogP contribution is 2.30. The molecule has 3 aromatic carbocycles. The molecule has 7 heteroatoms. The molecule has 0 aliphatic carbocycles. The van der Waals surface area contributed by atoms with Crippen LogP contribution in [0.1, 0.15) is 12.0 Å². The van der Waals surface area contributed by atoms with E-state index in [0.29, 0.717) is 36.9 Å². The number of hydrogen-bond donors (Lipinski definition) is 1. The van der Waals surface area contributed by atoms with Crippen molar-refractivity contribution in [2.75, 3.05) is 31.5 Å². The zero-order valence-electron chi connectivity index (χ0n) is 18.1. The largest absolute Gasteiger partial charge is 0.464 e. The van der Waals surface area contributed by atoms with Crippen molar-refractivity contribution < 1.29 is 14.0 Å². The van der Waals surface area contributed by atoms with E-state index < -0.39 is 0 Å².